The van der Waals surface area contributed by atoms with E-state index in [1.54, 1.807) is 4.68 Å². The van der Waals surface area contributed by atoms with Gasteiger partial charge in [-0.25, -0.2) is 9.48 Å². The minimum absolute atomic E-state index is 0.127. The van der Waals surface area contributed by atoms with Crippen LogP contribution in [0.2, 0.25) is 0 Å². The minimum Gasteiger partial charge on any atom is -0.464 e. The SMILES string of the molecule is COC(=O)c1nn(C2CCOCC2)c(N)c1C(C)C. The zero-order valence-electron chi connectivity index (χ0n) is 11.7. The Labute approximate surface area is 112 Å². The summed E-state index contributed by atoms with van der Waals surface area (Å²) in [4.78, 5) is 11.8. The van der Waals surface area contributed by atoms with Gasteiger partial charge in [-0.1, -0.05) is 13.8 Å². The third-order valence-electron chi connectivity index (χ3n) is 3.48. The number of nitrogen functional groups attached to an aromatic ring is 1. The van der Waals surface area contributed by atoms with Crippen molar-refractivity contribution in [3.8, 4) is 0 Å². The van der Waals surface area contributed by atoms with E-state index in [9.17, 15) is 4.79 Å². The molecule has 1 aromatic rings. The fourth-order valence-electron chi connectivity index (χ4n) is 2.48. The van der Waals surface area contributed by atoms with Crippen LogP contribution in [0.3, 0.4) is 0 Å². The number of anilines is 1. The van der Waals surface area contributed by atoms with Crippen molar-refractivity contribution in [2.75, 3.05) is 26.1 Å². The number of rotatable bonds is 3. The first kappa shape index (κ1) is 13.9. The lowest BCUT2D eigenvalue weighted by atomic mass is 10.0. The Balaban J connectivity index is 2.42. The van der Waals surface area contributed by atoms with E-state index in [1.165, 1.54) is 7.11 Å². The summed E-state index contributed by atoms with van der Waals surface area (Å²) >= 11 is 0. The fraction of sp³-hybridized carbons (Fsp3) is 0.692. The lowest BCUT2D eigenvalue weighted by Gasteiger charge is -2.23. The molecule has 0 saturated carbocycles. The fourth-order valence-corrected chi connectivity index (χ4v) is 2.48. The quantitative estimate of drug-likeness (QED) is 0.844. The molecular weight excluding hydrogens is 246 g/mol. The molecule has 0 amide bonds. The van der Waals surface area contributed by atoms with Gasteiger partial charge in [-0.3, -0.25) is 0 Å². The van der Waals surface area contributed by atoms with Crippen molar-refractivity contribution in [3.63, 3.8) is 0 Å². The van der Waals surface area contributed by atoms with Gasteiger partial charge in [-0.2, -0.15) is 5.10 Å². The zero-order valence-corrected chi connectivity index (χ0v) is 11.7. The molecule has 0 radical (unpaired) electrons. The molecule has 1 aliphatic heterocycles. The van der Waals surface area contributed by atoms with E-state index in [-0.39, 0.29) is 12.0 Å². The van der Waals surface area contributed by atoms with Gasteiger partial charge in [-0.05, 0) is 18.8 Å². The number of aromatic nitrogens is 2. The summed E-state index contributed by atoms with van der Waals surface area (Å²) in [5.41, 5.74) is 7.29. The van der Waals surface area contributed by atoms with E-state index in [2.05, 4.69) is 5.10 Å². The number of carbonyl (C=O) groups is 1. The molecule has 1 saturated heterocycles. The van der Waals surface area contributed by atoms with Crippen molar-refractivity contribution in [2.24, 2.45) is 0 Å². The number of nitrogens with two attached hydrogens (primary N) is 1. The Bertz CT molecular complexity index is 462. The molecule has 2 rings (SSSR count). The maximum atomic E-state index is 11.8. The van der Waals surface area contributed by atoms with Crippen LogP contribution in [0.4, 0.5) is 5.82 Å². The maximum absolute atomic E-state index is 11.8. The van der Waals surface area contributed by atoms with Crippen molar-refractivity contribution >= 4 is 11.8 Å². The molecule has 19 heavy (non-hydrogen) atoms. The van der Waals surface area contributed by atoms with Crippen molar-refractivity contribution in [1.82, 2.24) is 9.78 Å². The normalized spacial score (nSPS) is 16.8. The van der Waals surface area contributed by atoms with Crippen LogP contribution in [-0.4, -0.2) is 36.1 Å². The second-order valence-corrected chi connectivity index (χ2v) is 5.08. The number of hydrogen-bond acceptors (Lipinski definition) is 5. The zero-order chi connectivity index (χ0) is 14.0. The van der Waals surface area contributed by atoms with Gasteiger partial charge in [0.05, 0.1) is 13.2 Å². The molecule has 1 aromatic heterocycles. The third-order valence-corrected chi connectivity index (χ3v) is 3.48. The van der Waals surface area contributed by atoms with E-state index >= 15 is 0 Å². The van der Waals surface area contributed by atoms with Crippen molar-refractivity contribution in [3.05, 3.63) is 11.3 Å². The van der Waals surface area contributed by atoms with Crippen LogP contribution >= 0.6 is 0 Å². The summed E-state index contributed by atoms with van der Waals surface area (Å²) < 4.78 is 11.9. The van der Waals surface area contributed by atoms with Crippen LogP contribution in [0.5, 0.6) is 0 Å². The molecule has 1 fully saturated rings. The predicted molar refractivity (Wildman–Crippen MR) is 71.2 cm³/mol. The van der Waals surface area contributed by atoms with Crippen LogP contribution in [-0.2, 0) is 9.47 Å². The van der Waals surface area contributed by atoms with Crippen LogP contribution < -0.4 is 5.73 Å². The van der Waals surface area contributed by atoms with Gasteiger partial charge in [0.25, 0.3) is 0 Å². The molecule has 1 aliphatic rings. The number of hydrogen-bond donors (Lipinski definition) is 1. The molecule has 106 valence electrons. The summed E-state index contributed by atoms with van der Waals surface area (Å²) in [7, 11) is 1.36. The van der Waals surface area contributed by atoms with E-state index in [0.717, 1.165) is 18.4 Å². The molecule has 6 nitrogen and oxygen atoms in total. The lowest BCUT2D eigenvalue weighted by Crippen LogP contribution is -2.22. The van der Waals surface area contributed by atoms with Crippen LogP contribution in [0.25, 0.3) is 0 Å². The first-order chi connectivity index (χ1) is 9.06. The van der Waals surface area contributed by atoms with E-state index < -0.39 is 5.97 Å². The van der Waals surface area contributed by atoms with Gasteiger partial charge in [0.2, 0.25) is 0 Å². The summed E-state index contributed by atoms with van der Waals surface area (Å²) in [6.45, 7) is 5.39. The molecule has 0 unspecified atom stereocenters. The summed E-state index contributed by atoms with van der Waals surface area (Å²) in [5, 5.41) is 4.39. The number of ether oxygens (including phenoxy) is 2. The highest BCUT2D eigenvalue weighted by atomic mass is 16.5. The first-order valence-electron chi connectivity index (χ1n) is 6.60. The van der Waals surface area contributed by atoms with E-state index in [1.807, 2.05) is 13.8 Å². The van der Waals surface area contributed by atoms with E-state index in [0.29, 0.717) is 24.7 Å². The van der Waals surface area contributed by atoms with Gasteiger partial charge in [0.15, 0.2) is 5.69 Å². The van der Waals surface area contributed by atoms with Gasteiger partial charge in [-0.15, -0.1) is 0 Å². The molecule has 0 aromatic carbocycles. The molecule has 0 bridgehead atoms. The monoisotopic (exact) mass is 267 g/mol. The average Bonchev–Trinajstić information content (AvgIpc) is 2.76. The highest BCUT2D eigenvalue weighted by molar-refractivity contribution is 5.90. The van der Waals surface area contributed by atoms with Gasteiger partial charge in [0, 0.05) is 18.8 Å². The molecule has 0 atom stereocenters. The molecule has 0 aliphatic carbocycles. The molecule has 0 spiro atoms. The molecular formula is C13H21N3O3. The first-order valence-corrected chi connectivity index (χ1v) is 6.60. The van der Waals surface area contributed by atoms with Gasteiger partial charge < -0.3 is 15.2 Å². The Morgan fingerprint density at radius 1 is 1.47 bits per heavy atom. The maximum Gasteiger partial charge on any atom is 0.358 e. The Morgan fingerprint density at radius 2 is 2.11 bits per heavy atom. The minimum atomic E-state index is -0.429. The highest BCUT2D eigenvalue weighted by Gasteiger charge is 2.28. The second-order valence-electron chi connectivity index (χ2n) is 5.08. The predicted octanol–water partition coefficient (Wildman–Crippen LogP) is 1.73. The average molecular weight is 267 g/mol. The largest absolute Gasteiger partial charge is 0.464 e. The second kappa shape index (κ2) is 5.61. The number of carbonyl (C=O) groups excluding carboxylic acids is 1. The van der Waals surface area contributed by atoms with Gasteiger partial charge in [0.1, 0.15) is 5.82 Å². The highest BCUT2D eigenvalue weighted by Crippen LogP contribution is 2.31. The third kappa shape index (κ3) is 2.58. The Morgan fingerprint density at radius 3 is 2.63 bits per heavy atom. The Hall–Kier alpha value is -1.56. The summed E-state index contributed by atoms with van der Waals surface area (Å²) in [6, 6.07) is 0.199. The standard InChI is InChI=1S/C13H21N3O3/c1-8(2)10-11(13(17)18-3)15-16(12(10)14)9-4-6-19-7-5-9/h8-9H,4-7,14H2,1-3H3. The van der Waals surface area contributed by atoms with Crippen LogP contribution in [0.1, 0.15) is 54.7 Å². The Kier molecular flexibility index (Phi) is 4.09. The lowest BCUT2D eigenvalue weighted by molar-refractivity contribution is 0.0582. The topological polar surface area (TPSA) is 79.4 Å². The van der Waals surface area contributed by atoms with Crippen LogP contribution in [0.15, 0.2) is 0 Å². The summed E-state index contributed by atoms with van der Waals surface area (Å²) in [6.07, 6.45) is 1.73. The van der Waals surface area contributed by atoms with Crippen LogP contribution in [0, 0.1) is 0 Å². The van der Waals surface area contributed by atoms with Gasteiger partial charge >= 0.3 is 5.97 Å². The molecule has 2 heterocycles. The molecule has 2 N–H and O–H groups in total. The van der Waals surface area contributed by atoms with Crippen molar-refractivity contribution < 1.29 is 14.3 Å². The number of methoxy groups -OCH3 is 1. The molecule has 6 heteroatoms. The summed E-state index contributed by atoms with van der Waals surface area (Å²) in [5.74, 6) is 0.270. The van der Waals surface area contributed by atoms with E-state index in [4.69, 9.17) is 15.2 Å². The van der Waals surface area contributed by atoms with Crippen molar-refractivity contribution in [2.45, 2.75) is 38.6 Å². The number of nitrogens with zero attached hydrogens (tertiary/aromatic N) is 2. The van der Waals surface area contributed by atoms with Crippen molar-refractivity contribution in [1.29, 1.82) is 0 Å². The smallest absolute Gasteiger partial charge is 0.358 e. The number of esters is 1.